The summed E-state index contributed by atoms with van der Waals surface area (Å²) in [5.41, 5.74) is 2.44. The second kappa shape index (κ2) is 8.16. The van der Waals surface area contributed by atoms with Gasteiger partial charge in [-0.3, -0.25) is 4.79 Å². The highest BCUT2D eigenvalue weighted by Crippen LogP contribution is 2.31. The minimum atomic E-state index is -1.05. The van der Waals surface area contributed by atoms with Gasteiger partial charge in [0.05, 0.1) is 15.6 Å². The molecule has 0 radical (unpaired) electrons. The molecular formula is C21H20Cl2N4O3. The average molecular weight is 447 g/mol. The largest absolute Gasteiger partial charge is 0.477 e. The van der Waals surface area contributed by atoms with E-state index in [4.69, 9.17) is 23.2 Å². The molecule has 0 aliphatic carbocycles. The summed E-state index contributed by atoms with van der Waals surface area (Å²) in [6, 6.07) is 9.11. The summed E-state index contributed by atoms with van der Waals surface area (Å²) in [4.78, 5) is 33.4. The van der Waals surface area contributed by atoms with Crippen molar-refractivity contribution in [2.24, 2.45) is 0 Å². The predicted octanol–water partition coefficient (Wildman–Crippen LogP) is 4.28. The molecule has 1 aliphatic rings. The van der Waals surface area contributed by atoms with Gasteiger partial charge in [-0.15, -0.1) is 0 Å². The summed E-state index contributed by atoms with van der Waals surface area (Å²) in [5.74, 6) is -1.34. The topological polar surface area (TPSA) is 98.3 Å². The van der Waals surface area contributed by atoms with E-state index < -0.39 is 5.97 Å². The van der Waals surface area contributed by atoms with Crippen molar-refractivity contribution in [3.05, 3.63) is 57.5 Å². The summed E-state index contributed by atoms with van der Waals surface area (Å²) in [7, 11) is 0. The molecule has 30 heavy (non-hydrogen) atoms. The Hall–Kier alpha value is -2.77. The number of benzene rings is 1. The van der Waals surface area contributed by atoms with Gasteiger partial charge in [-0.05, 0) is 31.9 Å². The molecule has 1 aromatic carbocycles. The third-order valence-corrected chi connectivity index (χ3v) is 6.31. The lowest BCUT2D eigenvalue weighted by Crippen LogP contribution is -2.45. The summed E-state index contributed by atoms with van der Waals surface area (Å²) < 4.78 is 0. The highest BCUT2D eigenvalue weighted by Gasteiger charge is 2.25. The maximum Gasteiger partial charge on any atom is 0.354 e. The van der Waals surface area contributed by atoms with Crippen LogP contribution < -0.4 is 10.2 Å². The molecule has 0 saturated carbocycles. The standard InChI is InChI=1S/C21H20Cl2N4O3/c1-11-17(22)18(23)19(24-11)20(28)25-12-6-8-27(9-7-12)16-10-15(21(29)30)26-14-5-3-2-4-13(14)16/h2-5,10,12,24H,6-9H2,1H3,(H,25,28)(H,29,30). The number of amides is 1. The molecular weight excluding hydrogens is 427 g/mol. The van der Waals surface area contributed by atoms with Crippen molar-refractivity contribution < 1.29 is 14.7 Å². The van der Waals surface area contributed by atoms with Crippen molar-refractivity contribution in [3.63, 3.8) is 0 Å². The Labute approximate surface area is 183 Å². The Morgan fingerprint density at radius 1 is 1.20 bits per heavy atom. The Morgan fingerprint density at radius 3 is 2.53 bits per heavy atom. The molecule has 7 nitrogen and oxygen atoms in total. The van der Waals surface area contributed by atoms with Gasteiger partial charge in [0, 0.05) is 35.9 Å². The molecule has 1 aliphatic heterocycles. The van der Waals surface area contributed by atoms with Crippen LogP contribution >= 0.6 is 23.2 Å². The Balaban J connectivity index is 1.49. The van der Waals surface area contributed by atoms with Crippen LogP contribution in [0.5, 0.6) is 0 Å². The molecule has 4 rings (SSSR count). The fourth-order valence-electron chi connectivity index (χ4n) is 3.78. The van der Waals surface area contributed by atoms with Crippen LogP contribution in [0, 0.1) is 6.92 Å². The van der Waals surface area contributed by atoms with Gasteiger partial charge >= 0.3 is 5.97 Å². The van der Waals surface area contributed by atoms with E-state index in [9.17, 15) is 14.7 Å². The van der Waals surface area contributed by atoms with E-state index in [1.807, 2.05) is 24.3 Å². The number of H-pyrrole nitrogens is 1. The number of carboxylic acid groups (broad SMARTS) is 1. The number of aromatic carboxylic acids is 1. The molecule has 3 N–H and O–H groups in total. The van der Waals surface area contributed by atoms with Crippen LogP contribution in [0.25, 0.3) is 10.9 Å². The van der Waals surface area contributed by atoms with Crippen molar-refractivity contribution in [3.8, 4) is 0 Å². The Bertz CT molecular complexity index is 1140. The Morgan fingerprint density at radius 2 is 1.90 bits per heavy atom. The van der Waals surface area contributed by atoms with E-state index in [0.29, 0.717) is 29.3 Å². The van der Waals surface area contributed by atoms with Crippen LogP contribution in [0.15, 0.2) is 30.3 Å². The number of pyridine rings is 1. The number of aromatic nitrogens is 2. The van der Waals surface area contributed by atoms with Gasteiger partial charge in [0.2, 0.25) is 0 Å². The number of hydrogen-bond donors (Lipinski definition) is 3. The number of nitrogens with one attached hydrogen (secondary N) is 2. The maximum absolute atomic E-state index is 12.6. The quantitative estimate of drug-likeness (QED) is 0.555. The van der Waals surface area contributed by atoms with Crippen LogP contribution in [0.4, 0.5) is 5.69 Å². The lowest BCUT2D eigenvalue weighted by molar-refractivity contribution is 0.0690. The van der Waals surface area contributed by atoms with Crippen molar-refractivity contribution in [1.29, 1.82) is 0 Å². The normalized spacial score (nSPS) is 14.8. The molecule has 156 valence electrons. The highest BCUT2D eigenvalue weighted by molar-refractivity contribution is 6.44. The minimum Gasteiger partial charge on any atom is -0.477 e. The van der Waals surface area contributed by atoms with Crippen molar-refractivity contribution >= 4 is 51.7 Å². The number of halogens is 2. The molecule has 0 unspecified atom stereocenters. The van der Waals surface area contributed by atoms with Crippen LogP contribution in [-0.2, 0) is 0 Å². The number of para-hydroxylation sites is 1. The van der Waals surface area contributed by atoms with E-state index in [-0.39, 0.29) is 28.4 Å². The lowest BCUT2D eigenvalue weighted by Gasteiger charge is -2.34. The van der Waals surface area contributed by atoms with E-state index in [1.165, 1.54) is 0 Å². The molecule has 3 aromatic rings. The number of hydrogen-bond acceptors (Lipinski definition) is 4. The molecule has 0 bridgehead atoms. The number of fused-ring (bicyclic) bond motifs is 1. The zero-order chi connectivity index (χ0) is 21.4. The predicted molar refractivity (Wildman–Crippen MR) is 117 cm³/mol. The summed E-state index contributed by atoms with van der Waals surface area (Å²) in [5, 5.41) is 13.9. The van der Waals surface area contributed by atoms with Gasteiger partial charge in [0.25, 0.3) is 5.91 Å². The molecule has 0 atom stereocenters. The summed E-state index contributed by atoms with van der Waals surface area (Å²) in [6.07, 6.45) is 1.44. The van der Waals surface area contributed by atoms with E-state index in [0.717, 1.165) is 23.9 Å². The van der Waals surface area contributed by atoms with Crippen molar-refractivity contribution in [1.82, 2.24) is 15.3 Å². The SMILES string of the molecule is Cc1[nH]c(C(=O)NC2CCN(c3cc(C(=O)O)nc4ccccc34)CC2)c(Cl)c1Cl. The number of aromatic amines is 1. The summed E-state index contributed by atoms with van der Waals surface area (Å²) in [6.45, 7) is 3.11. The van der Waals surface area contributed by atoms with Crippen LogP contribution in [0.2, 0.25) is 10.0 Å². The van der Waals surface area contributed by atoms with Gasteiger partial charge in [0.15, 0.2) is 5.69 Å². The van der Waals surface area contributed by atoms with Crippen LogP contribution in [-0.4, -0.2) is 46.1 Å². The van der Waals surface area contributed by atoms with Crippen LogP contribution in [0.1, 0.15) is 39.5 Å². The molecule has 2 aromatic heterocycles. The number of anilines is 1. The minimum absolute atomic E-state index is 0.0146. The van der Waals surface area contributed by atoms with E-state index in [1.54, 1.807) is 13.0 Å². The van der Waals surface area contributed by atoms with Gasteiger partial charge < -0.3 is 20.3 Å². The molecule has 3 heterocycles. The first-order valence-electron chi connectivity index (χ1n) is 9.57. The fourth-order valence-corrected chi connectivity index (χ4v) is 4.20. The smallest absolute Gasteiger partial charge is 0.354 e. The van der Waals surface area contributed by atoms with Gasteiger partial charge in [-0.1, -0.05) is 41.4 Å². The van der Waals surface area contributed by atoms with Crippen molar-refractivity contribution in [2.75, 3.05) is 18.0 Å². The fraction of sp³-hybridized carbons (Fsp3) is 0.286. The monoisotopic (exact) mass is 446 g/mol. The first-order chi connectivity index (χ1) is 14.3. The second-order valence-electron chi connectivity index (χ2n) is 7.34. The number of rotatable bonds is 4. The van der Waals surface area contributed by atoms with Crippen molar-refractivity contribution in [2.45, 2.75) is 25.8 Å². The number of carbonyl (C=O) groups excluding carboxylic acids is 1. The Kier molecular flexibility index (Phi) is 5.58. The van der Waals surface area contributed by atoms with Crippen LogP contribution in [0.3, 0.4) is 0 Å². The third kappa shape index (κ3) is 3.82. The first-order valence-corrected chi connectivity index (χ1v) is 10.3. The van der Waals surface area contributed by atoms with E-state index >= 15 is 0 Å². The molecule has 1 saturated heterocycles. The number of carbonyl (C=O) groups is 2. The maximum atomic E-state index is 12.6. The second-order valence-corrected chi connectivity index (χ2v) is 8.09. The number of piperidine rings is 1. The number of nitrogens with zero attached hydrogens (tertiary/aromatic N) is 2. The van der Waals surface area contributed by atoms with Gasteiger partial charge in [-0.25, -0.2) is 9.78 Å². The lowest BCUT2D eigenvalue weighted by atomic mass is 10.0. The molecule has 9 heteroatoms. The number of aryl methyl sites for hydroxylation is 1. The molecule has 1 fully saturated rings. The summed E-state index contributed by atoms with van der Waals surface area (Å²) >= 11 is 12.2. The third-order valence-electron chi connectivity index (χ3n) is 5.37. The molecule has 0 spiro atoms. The van der Waals surface area contributed by atoms with Gasteiger partial charge in [0.1, 0.15) is 5.69 Å². The highest BCUT2D eigenvalue weighted by atomic mass is 35.5. The number of carboxylic acids is 1. The molecule has 1 amide bonds. The van der Waals surface area contributed by atoms with E-state index in [2.05, 4.69) is 20.2 Å². The zero-order valence-electron chi connectivity index (χ0n) is 16.2. The first kappa shape index (κ1) is 20.5. The van der Waals surface area contributed by atoms with Gasteiger partial charge in [-0.2, -0.15) is 0 Å². The zero-order valence-corrected chi connectivity index (χ0v) is 17.7. The average Bonchev–Trinajstić information content (AvgIpc) is 3.01.